The number of aliphatic hydroxyl groups excluding tert-OH is 1. The van der Waals surface area contributed by atoms with E-state index in [0.717, 1.165) is 17.1 Å². The molecule has 0 fully saturated rings. The molecular formula is C17H21NO3. The summed E-state index contributed by atoms with van der Waals surface area (Å²) in [5.41, 5.74) is 1.62. The van der Waals surface area contributed by atoms with Crippen molar-refractivity contribution in [2.24, 2.45) is 0 Å². The third-order valence-corrected chi connectivity index (χ3v) is 3.24. The first-order chi connectivity index (χ1) is 9.95. The topological polar surface area (TPSA) is 51.6 Å². The average molecular weight is 287 g/mol. The van der Waals surface area contributed by atoms with Crippen molar-refractivity contribution in [3.05, 3.63) is 47.8 Å². The van der Waals surface area contributed by atoms with Crippen molar-refractivity contribution in [3.63, 3.8) is 0 Å². The van der Waals surface area contributed by atoms with Crippen LogP contribution in [0.5, 0.6) is 17.2 Å². The number of nitrogens with zero attached hydrogens (tertiary/aromatic N) is 1. The molecule has 0 spiro atoms. The number of hydrogen-bond acceptors (Lipinski definition) is 4. The molecule has 0 saturated carbocycles. The summed E-state index contributed by atoms with van der Waals surface area (Å²) in [5.74, 6) is 2.16. The first-order valence-electron chi connectivity index (χ1n) is 6.86. The maximum Gasteiger partial charge on any atom is 0.136 e. The summed E-state index contributed by atoms with van der Waals surface area (Å²) in [5, 5.41) is 9.37. The third kappa shape index (κ3) is 3.52. The summed E-state index contributed by atoms with van der Waals surface area (Å²) in [6, 6.07) is 7.49. The smallest absolute Gasteiger partial charge is 0.136 e. The van der Waals surface area contributed by atoms with E-state index in [1.54, 1.807) is 25.6 Å². The molecule has 4 heteroatoms. The number of hydrogen-bond donors (Lipinski definition) is 1. The molecule has 1 aromatic carbocycles. The van der Waals surface area contributed by atoms with Crippen molar-refractivity contribution < 1.29 is 14.6 Å². The largest absolute Gasteiger partial charge is 0.497 e. The Balaban J connectivity index is 2.44. The van der Waals surface area contributed by atoms with Gasteiger partial charge in [0.05, 0.1) is 13.7 Å². The third-order valence-electron chi connectivity index (χ3n) is 3.24. The first kappa shape index (κ1) is 15.3. The van der Waals surface area contributed by atoms with Crippen LogP contribution in [0.4, 0.5) is 0 Å². The van der Waals surface area contributed by atoms with Gasteiger partial charge in [-0.25, -0.2) is 0 Å². The zero-order valence-electron chi connectivity index (χ0n) is 12.9. The van der Waals surface area contributed by atoms with Crippen LogP contribution in [0.1, 0.15) is 31.9 Å². The van der Waals surface area contributed by atoms with Crippen molar-refractivity contribution in [2.45, 2.75) is 32.8 Å². The normalized spacial score (nSPS) is 11.3. The van der Waals surface area contributed by atoms with Gasteiger partial charge in [-0.1, -0.05) is 20.8 Å². The van der Waals surface area contributed by atoms with Gasteiger partial charge in [0.2, 0.25) is 0 Å². The van der Waals surface area contributed by atoms with Crippen molar-refractivity contribution >= 4 is 0 Å². The molecule has 112 valence electrons. The molecule has 0 unspecified atom stereocenters. The highest BCUT2D eigenvalue weighted by molar-refractivity contribution is 5.47. The second-order valence-electron chi connectivity index (χ2n) is 5.86. The minimum atomic E-state index is -0.107. The first-order valence-corrected chi connectivity index (χ1v) is 6.86. The molecule has 1 heterocycles. The zero-order chi connectivity index (χ0) is 15.5. The minimum absolute atomic E-state index is 0.0870. The van der Waals surface area contributed by atoms with Gasteiger partial charge >= 0.3 is 0 Å². The molecule has 0 aliphatic rings. The monoisotopic (exact) mass is 287 g/mol. The van der Waals surface area contributed by atoms with Crippen molar-refractivity contribution in [3.8, 4) is 17.2 Å². The number of aromatic nitrogens is 1. The Hall–Kier alpha value is -2.07. The molecule has 0 bridgehead atoms. The van der Waals surface area contributed by atoms with E-state index in [-0.39, 0.29) is 12.0 Å². The predicted molar refractivity (Wildman–Crippen MR) is 81.9 cm³/mol. The molecule has 1 aromatic heterocycles. The summed E-state index contributed by atoms with van der Waals surface area (Å²) in [7, 11) is 1.65. The fourth-order valence-electron chi connectivity index (χ4n) is 2.06. The van der Waals surface area contributed by atoms with Crippen LogP contribution in [0.15, 0.2) is 36.7 Å². The van der Waals surface area contributed by atoms with E-state index in [1.165, 1.54) is 0 Å². The summed E-state index contributed by atoms with van der Waals surface area (Å²) < 4.78 is 11.3. The average Bonchev–Trinajstić information content (AvgIpc) is 2.47. The summed E-state index contributed by atoms with van der Waals surface area (Å²) >= 11 is 0. The van der Waals surface area contributed by atoms with Gasteiger partial charge in [0, 0.05) is 23.5 Å². The number of rotatable bonds is 4. The Morgan fingerprint density at radius 3 is 2.52 bits per heavy atom. The Labute approximate surface area is 125 Å². The lowest BCUT2D eigenvalue weighted by atomic mass is 9.86. The summed E-state index contributed by atoms with van der Waals surface area (Å²) in [4.78, 5) is 4.00. The van der Waals surface area contributed by atoms with Gasteiger partial charge in [0.1, 0.15) is 17.2 Å². The molecule has 2 aromatic rings. The lowest BCUT2D eigenvalue weighted by Crippen LogP contribution is -2.13. The highest BCUT2D eigenvalue weighted by Crippen LogP contribution is 2.37. The van der Waals surface area contributed by atoms with Gasteiger partial charge in [0.25, 0.3) is 0 Å². The molecule has 0 radical (unpaired) electrons. The van der Waals surface area contributed by atoms with E-state index in [4.69, 9.17) is 9.47 Å². The van der Waals surface area contributed by atoms with Gasteiger partial charge in [0.15, 0.2) is 0 Å². The van der Waals surface area contributed by atoms with Gasteiger partial charge in [-0.2, -0.15) is 0 Å². The van der Waals surface area contributed by atoms with E-state index in [9.17, 15) is 5.11 Å². The van der Waals surface area contributed by atoms with Crippen LogP contribution in [0, 0.1) is 0 Å². The zero-order valence-corrected chi connectivity index (χ0v) is 12.9. The van der Waals surface area contributed by atoms with Crippen molar-refractivity contribution in [1.82, 2.24) is 4.98 Å². The standard InChI is InChI=1S/C17H21NO3/c1-17(2,3)14-9-13(20-4)5-6-16(14)21-15-7-8-18-10-12(15)11-19/h5-10,19H,11H2,1-4H3. The second kappa shape index (κ2) is 6.14. The molecule has 4 nitrogen and oxygen atoms in total. The van der Waals surface area contributed by atoms with Crippen LogP contribution in [-0.2, 0) is 12.0 Å². The fraction of sp³-hybridized carbons (Fsp3) is 0.353. The maximum absolute atomic E-state index is 9.37. The Morgan fingerprint density at radius 1 is 1.14 bits per heavy atom. The molecule has 2 rings (SSSR count). The maximum atomic E-state index is 9.37. The lowest BCUT2D eigenvalue weighted by molar-refractivity contribution is 0.275. The van der Waals surface area contributed by atoms with Crippen LogP contribution in [0.3, 0.4) is 0 Å². The quantitative estimate of drug-likeness (QED) is 0.932. The van der Waals surface area contributed by atoms with Gasteiger partial charge in [-0.05, 0) is 29.7 Å². The molecule has 0 amide bonds. The van der Waals surface area contributed by atoms with Crippen molar-refractivity contribution in [1.29, 1.82) is 0 Å². The number of ether oxygens (including phenoxy) is 2. The van der Waals surface area contributed by atoms with Crippen LogP contribution < -0.4 is 9.47 Å². The number of benzene rings is 1. The molecule has 0 aliphatic carbocycles. The van der Waals surface area contributed by atoms with Gasteiger partial charge < -0.3 is 14.6 Å². The van der Waals surface area contributed by atoms with Crippen LogP contribution in [-0.4, -0.2) is 17.2 Å². The minimum Gasteiger partial charge on any atom is -0.497 e. The Morgan fingerprint density at radius 2 is 1.90 bits per heavy atom. The van der Waals surface area contributed by atoms with E-state index in [2.05, 4.69) is 25.8 Å². The molecule has 0 saturated heterocycles. The molecule has 1 N–H and O–H groups in total. The van der Waals surface area contributed by atoms with E-state index in [0.29, 0.717) is 11.3 Å². The fourth-order valence-corrected chi connectivity index (χ4v) is 2.06. The molecule has 0 aliphatic heterocycles. The Bertz CT molecular complexity index is 618. The lowest BCUT2D eigenvalue weighted by Gasteiger charge is -2.23. The van der Waals surface area contributed by atoms with E-state index < -0.39 is 0 Å². The molecule has 0 atom stereocenters. The van der Waals surface area contributed by atoms with Crippen molar-refractivity contribution in [2.75, 3.05) is 7.11 Å². The highest BCUT2D eigenvalue weighted by Gasteiger charge is 2.21. The molecule has 21 heavy (non-hydrogen) atoms. The summed E-state index contributed by atoms with van der Waals surface area (Å²) in [6.07, 6.45) is 3.25. The van der Waals surface area contributed by atoms with E-state index >= 15 is 0 Å². The SMILES string of the molecule is COc1ccc(Oc2ccncc2CO)c(C(C)(C)C)c1. The van der Waals surface area contributed by atoms with Gasteiger partial charge in [-0.15, -0.1) is 0 Å². The molecular weight excluding hydrogens is 266 g/mol. The number of pyridine rings is 1. The summed E-state index contributed by atoms with van der Waals surface area (Å²) in [6.45, 7) is 6.25. The number of aliphatic hydroxyl groups is 1. The highest BCUT2D eigenvalue weighted by atomic mass is 16.5. The van der Waals surface area contributed by atoms with Crippen LogP contribution >= 0.6 is 0 Å². The number of methoxy groups -OCH3 is 1. The predicted octanol–water partition coefficient (Wildman–Crippen LogP) is 3.67. The Kier molecular flexibility index (Phi) is 4.48. The van der Waals surface area contributed by atoms with Crippen LogP contribution in [0.25, 0.3) is 0 Å². The van der Waals surface area contributed by atoms with Gasteiger partial charge in [-0.3, -0.25) is 4.98 Å². The van der Waals surface area contributed by atoms with Crippen LogP contribution in [0.2, 0.25) is 0 Å². The van der Waals surface area contributed by atoms with E-state index in [1.807, 2.05) is 18.2 Å². The second-order valence-corrected chi connectivity index (χ2v) is 5.86.